The average Bonchev–Trinajstić information content (AvgIpc) is 2.15. The Morgan fingerprint density at radius 2 is 2.12 bits per heavy atom. The van der Waals surface area contributed by atoms with Crippen molar-refractivity contribution in [3.05, 3.63) is 37.7 Å². The molecular formula is C15H25N. The van der Waals surface area contributed by atoms with Gasteiger partial charge >= 0.3 is 0 Å². The van der Waals surface area contributed by atoms with Crippen molar-refractivity contribution in [2.45, 2.75) is 39.0 Å². The summed E-state index contributed by atoms with van der Waals surface area (Å²) in [6, 6.07) is 0. The molecule has 1 aliphatic rings. The lowest BCUT2D eigenvalue weighted by atomic mass is 9.75. The zero-order valence-corrected chi connectivity index (χ0v) is 10.6. The van der Waals surface area contributed by atoms with Gasteiger partial charge in [-0.2, -0.15) is 0 Å². The van der Waals surface area contributed by atoms with Crippen LogP contribution in [0.3, 0.4) is 0 Å². The fraction of sp³-hybridized carbons (Fsp3) is 0.600. The van der Waals surface area contributed by atoms with Crippen LogP contribution in [0, 0.1) is 11.8 Å². The van der Waals surface area contributed by atoms with E-state index in [0.717, 1.165) is 31.2 Å². The number of hydrogen-bond donors (Lipinski definition) is 0. The summed E-state index contributed by atoms with van der Waals surface area (Å²) < 4.78 is 0. The lowest BCUT2D eigenvalue weighted by Gasteiger charge is -2.33. The molecule has 0 spiro atoms. The standard InChI is InChI=1S/C15H25N/c1-5-7-11-16(6-2)14(4)12-13(3)15-9-8-10-15/h5-6,13,15H,1-2,4,7-12H2,3H3. The first-order valence-electron chi connectivity index (χ1n) is 6.37. The van der Waals surface area contributed by atoms with Gasteiger partial charge in [-0.05, 0) is 30.9 Å². The van der Waals surface area contributed by atoms with E-state index in [2.05, 4.69) is 31.6 Å². The summed E-state index contributed by atoms with van der Waals surface area (Å²) in [7, 11) is 0. The lowest BCUT2D eigenvalue weighted by Crippen LogP contribution is -2.24. The molecule has 0 aromatic rings. The van der Waals surface area contributed by atoms with Crippen LogP contribution in [0.4, 0.5) is 0 Å². The molecule has 90 valence electrons. The fourth-order valence-electron chi connectivity index (χ4n) is 2.27. The molecular weight excluding hydrogens is 194 g/mol. The predicted octanol–water partition coefficient (Wildman–Crippen LogP) is 4.35. The zero-order chi connectivity index (χ0) is 12.0. The van der Waals surface area contributed by atoms with E-state index >= 15 is 0 Å². The van der Waals surface area contributed by atoms with E-state index in [1.807, 2.05) is 12.3 Å². The summed E-state index contributed by atoms with van der Waals surface area (Å²) in [4.78, 5) is 2.16. The Balaban J connectivity index is 2.35. The minimum Gasteiger partial charge on any atom is -0.352 e. The quantitative estimate of drug-likeness (QED) is 0.549. The molecule has 0 N–H and O–H groups in total. The molecule has 0 radical (unpaired) electrons. The SMILES string of the molecule is C=CCCN(C=C)C(=C)CC(C)C1CCC1. The van der Waals surface area contributed by atoms with Crippen LogP contribution in [-0.2, 0) is 0 Å². The molecule has 0 amide bonds. The predicted molar refractivity (Wildman–Crippen MR) is 72.0 cm³/mol. The molecule has 1 unspecified atom stereocenters. The summed E-state index contributed by atoms with van der Waals surface area (Å²) in [6.45, 7) is 15.1. The topological polar surface area (TPSA) is 3.24 Å². The Morgan fingerprint density at radius 1 is 1.44 bits per heavy atom. The Hall–Kier alpha value is -0.980. The lowest BCUT2D eigenvalue weighted by molar-refractivity contribution is 0.211. The highest BCUT2D eigenvalue weighted by Gasteiger charge is 2.24. The van der Waals surface area contributed by atoms with Crippen molar-refractivity contribution in [2.75, 3.05) is 6.54 Å². The van der Waals surface area contributed by atoms with Crippen LogP contribution in [0.1, 0.15) is 39.0 Å². The maximum Gasteiger partial charge on any atom is 0.0256 e. The second-order valence-corrected chi connectivity index (χ2v) is 4.89. The molecule has 0 bridgehead atoms. The summed E-state index contributed by atoms with van der Waals surface area (Å²) in [5.74, 6) is 1.70. The van der Waals surface area contributed by atoms with Gasteiger partial charge in [0.25, 0.3) is 0 Å². The van der Waals surface area contributed by atoms with Crippen molar-refractivity contribution >= 4 is 0 Å². The molecule has 1 fully saturated rings. The van der Waals surface area contributed by atoms with Gasteiger partial charge in [-0.1, -0.05) is 45.4 Å². The fourth-order valence-corrected chi connectivity index (χ4v) is 2.27. The third kappa shape index (κ3) is 3.55. The van der Waals surface area contributed by atoms with Gasteiger partial charge in [0.05, 0.1) is 0 Å². The van der Waals surface area contributed by atoms with Crippen molar-refractivity contribution in [1.29, 1.82) is 0 Å². The first kappa shape index (κ1) is 13.1. The zero-order valence-electron chi connectivity index (χ0n) is 10.6. The van der Waals surface area contributed by atoms with E-state index in [4.69, 9.17) is 0 Å². The Labute approximate surface area is 101 Å². The number of nitrogens with zero attached hydrogens (tertiary/aromatic N) is 1. The summed E-state index contributed by atoms with van der Waals surface area (Å²) in [6.07, 6.45) is 10.2. The van der Waals surface area contributed by atoms with Gasteiger partial charge in [0, 0.05) is 12.2 Å². The molecule has 0 aliphatic heterocycles. The van der Waals surface area contributed by atoms with Crippen LogP contribution in [0.2, 0.25) is 0 Å². The van der Waals surface area contributed by atoms with Crippen LogP contribution in [0.15, 0.2) is 37.7 Å². The third-order valence-electron chi connectivity index (χ3n) is 3.71. The average molecular weight is 219 g/mol. The van der Waals surface area contributed by atoms with Gasteiger partial charge in [-0.15, -0.1) is 6.58 Å². The molecule has 0 heterocycles. The maximum atomic E-state index is 4.18. The van der Waals surface area contributed by atoms with Gasteiger partial charge in [0.15, 0.2) is 0 Å². The Kier molecular flexibility index (Phi) is 5.37. The van der Waals surface area contributed by atoms with Gasteiger partial charge in [-0.3, -0.25) is 0 Å². The van der Waals surface area contributed by atoms with Gasteiger partial charge in [0.2, 0.25) is 0 Å². The molecule has 1 saturated carbocycles. The van der Waals surface area contributed by atoms with Crippen LogP contribution in [0.25, 0.3) is 0 Å². The highest BCUT2D eigenvalue weighted by molar-refractivity contribution is 5.01. The number of rotatable bonds is 8. The van der Waals surface area contributed by atoms with Crippen molar-refractivity contribution in [2.24, 2.45) is 11.8 Å². The highest BCUT2D eigenvalue weighted by atomic mass is 15.1. The first-order chi connectivity index (χ1) is 7.69. The van der Waals surface area contributed by atoms with Crippen LogP contribution in [0.5, 0.6) is 0 Å². The molecule has 1 atom stereocenters. The van der Waals surface area contributed by atoms with Gasteiger partial charge in [-0.25, -0.2) is 0 Å². The number of allylic oxidation sites excluding steroid dienone is 1. The van der Waals surface area contributed by atoms with Crippen molar-refractivity contribution in [3.63, 3.8) is 0 Å². The van der Waals surface area contributed by atoms with Crippen molar-refractivity contribution in [3.8, 4) is 0 Å². The van der Waals surface area contributed by atoms with Crippen LogP contribution >= 0.6 is 0 Å². The van der Waals surface area contributed by atoms with Crippen LogP contribution < -0.4 is 0 Å². The molecule has 0 saturated heterocycles. The van der Waals surface area contributed by atoms with E-state index < -0.39 is 0 Å². The second-order valence-electron chi connectivity index (χ2n) is 4.89. The van der Waals surface area contributed by atoms with E-state index in [9.17, 15) is 0 Å². The Morgan fingerprint density at radius 3 is 2.56 bits per heavy atom. The normalized spacial score (nSPS) is 17.3. The van der Waals surface area contributed by atoms with E-state index in [-0.39, 0.29) is 0 Å². The summed E-state index contributed by atoms with van der Waals surface area (Å²) in [5.41, 5.74) is 1.20. The van der Waals surface area contributed by atoms with Crippen LogP contribution in [-0.4, -0.2) is 11.4 Å². The summed E-state index contributed by atoms with van der Waals surface area (Å²) >= 11 is 0. The Bertz CT molecular complexity index is 250. The molecule has 0 aromatic heterocycles. The maximum absolute atomic E-state index is 4.18. The van der Waals surface area contributed by atoms with Crippen molar-refractivity contribution < 1.29 is 0 Å². The minimum absolute atomic E-state index is 0.771. The van der Waals surface area contributed by atoms with Gasteiger partial charge < -0.3 is 4.90 Å². The summed E-state index contributed by atoms with van der Waals surface area (Å²) in [5, 5.41) is 0. The van der Waals surface area contributed by atoms with E-state index in [1.165, 1.54) is 25.0 Å². The monoisotopic (exact) mass is 219 g/mol. The highest BCUT2D eigenvalue weighted by Crippen LogP contribution is 2.36. The molecule has 0 aromatic carbocycles. The minimum atomic E-state index is 0.771. The molecule has 1 heteroatoms. The molecule has 1 nitrogen and oxygen atoms in total. The molecule has 1 aliphatic carbocycles. The third-order valence-corrected chi connectivity index (χ3v) is 3.71. The molecule has 1 rings (SSSR count). The van der Waals surface area contributed by atoms with E-state index in [0.29, 0.717) is 0 Å². The molecule has 16 heavy (non-hydrogen) atoms. The first-order valence-corrected chi connectivity index (χ1v) is 6.37. The number of hydrogen-bond acceptors (Lipinski definition) is 1. The smallest absolute Gasteiger partial charge is 0.0256 e. The largest absolute Gasteiger partial charge is 0.352 e. The van der Waals surface area contributed by atoms with Crippen molar-refractivity contribution in [1.82, 2.24) is 4.90 Å². The van der Waals surface area contributed by atoms with Gasteiger partial charge in [0.1, 0.15) is 0 Å². The second kappa shape index (κ2) is 6.57. The van der Waals surface area contributed by atoms with E-state index in [1.54, 1.807) is 0 Å².